The molecule has 0 aliphatic heterocycles. The van der Waals surface area contributed by atoms with E-state index in [1.165, 1.54) is 28.2 Å². The summed E-state index contributed by atoms with van der Waals surface area (Å²) in [7, 11) is -1.37. The van der Waals surface area contributed by atoms with Gasteiger partial charge in [0.2, 0.25) is 20.0 Å². The van der Waals surface area contributed by atoms with Crippen LogP contribution in [0.1, 0.15) is 10.4 Å². The summed E-state index contributed by atoms with van der Waals surface area (Å²) >= 11 is 0. The van der Waals surface area contributed by atoms with Gasteiger partial charge in [-0.25, -0.2) is 30.2 Å². The molecule has 0 radical (unpaired) electrons. The van der Waals surface area contributed by atoms with Crippen LogP contribution in [-0.4, -0.2) is 66.7 Å². The fourth-order valence-corrected chi connectivity index (χ4v) is 3.55. The minimum Gasteiger partial charge on any atom is -0.465 e. The van der Waals surface area contributed by atoms with E-state index in [2.05, 4.69) is 4.74 Å². The average molecular weight is 350 g/mol. The van der Waals surface area contributed by atoms with Gasteiger partial charge >= 0.3 is 5.97 Å². The molecular weight excluding hydrogens is 332 g/mol. The van der Waals surface area contributed by atoms with Crippen LogP contribution in [0, 0.1) is 0 Å². The van der Waals surface area contributed by atoms with Gasteiger partial charge in [0.05, 0.1) is 22.5 Å². The Kier molecular flexibility index (Phi) is 5.34. The Morgan fingerprint density at radius 2 is 1.45 bits per heavy atom. The molecule has 124 valence electrons. The van der Waals surface area contributed by atoms with Crippen molar-refractivity contribution in [1.82, 2.24) is 8.61 Å². The first-order valence-electron chi connectivity index (χ1n) is 6.03. The number of carbonyl (C=O) groups excluding carboxylic acids is 1. The van der Waals surface area contributed by atoms with Crippen LogP contribution in [-0.2, 0) is 24.8 Å². The average Bonchev–Trinajstić information content (AvgIpc) is 2.45. The summed E-state index contributed by atoms with van der Waals surface area (Å²) in [6.45, 7) is 0. The third-order valence-corrected chi connectivity index (χ3v) is 6.58. The molecule has 0 bridgehead atoms. The molecule has 0 amide bonds. The first kappa shape index (κ1) is 18.6. The molecule has 0 fully saturated rings. The Morgan fingerprint density at radius 1 is 0.955 bits per heavy atom. The lowest BCUT2D eigenvalue weighted by Gasteiger charge is -2.16. The van der Waals surface area contributed by atoms with Crippen molar-refractivity contribution < 1.29 is 26.4 Å². The fraction of sp³-hybridized carbons (Fsp3) is 0.417. The minimum absolute atomic E-state index is 0.199. The first-order chi connectivity index (χ1) is 9.96. The van der Waals surface area contributed by atoms with Gasteiger partial charge in [-0.2, -0.15) is 0 Å². The van der Waals surface area contributed by atoms with Gasteiger partial charge in [-0.15, -0.1) is 0 Å². The molecule has 0 spiro atoms. The van der Waals surface area contributed by atoms with Gasteiger partial charge in [-0.3, -0.25) is 0 Å². The number of rotatable bonds is 5. The van der Waals surface area contributed by atoms with E-state index in [1.54, 1.807) is 0 Å². The van der Waals surface area contributed by atoms with E-state index < -0.39 is 26.0 Å². The number of esters is 1. The molecule has 1 rings (SSSR count). The normalized spacial score (nSPS) is 12.7. The quantitative estimate of drug-likeness (QED) is 0.692. The molecule has 10 heteroatoms. The van der Waals surface area contributed by atoms with Crippen LogP contribution in [0.25, 0.3) is 0 Å². The van der Waals surface area contributed by atoms with Crippen molar-refractivity contribution in [3.05, 3.63) is 23.8 Å². The second-order valence-electron chi connectivity index (χ2n) is 4.72. The van der Waals surface area contributed by atoms with E-state index in [9.17, 15) is 21.6 Å². The Labute approximate surface area is 130 Å². The van der Waals surface area contributed by atoms with E-state index in [1.807, 2.05) is 0 Å². The molecule has 0 atom stereocenters. The molecule has 0 aliphatic carbocycles. The van der Waals surface area contributed by atoms with Crippen molar-refractivity contribution in [1.29, 1.82) is 0 Å². The molecule has 0 heterocycles. The lowest BCUT2D eigenvalue weighted by molar-refractivity contribution is 0.0596. The van der Waals surface area contributed by atoms with E-state index >= 15 is 0 Å². The number of methoxy groups -OCH3 is 1. The summed E-state index contributed by atoms with van der Waals surface area (Å²) in [6.07, 6.45) is 0. The molecule has 0 saturated carbocycles. The number of hydrogen-bond acceptors (Lipinski definition) is 6. The van der Waals surface area contributed by atoms with Crippen molar-refractivity contribution >= 4 is 26.0 Å². The number of hydrogen-bond donors (Lipinski definition) is 0. The topological polar surface area (TPSA) is 101 Å². The van der Waals surface area contributed by atoms with Gasteiger partial charge in [0.15, 0.2) is 0 Å². The Balaban J connectivity index is 3.69. The molecule has 22 heavy (non-hydrogen) atoms. The summed E-state index contributed by atoms with van der Waals surface area (Å²) in [5, 5.41) is 0. The molecule has 0 N–H and O–H groups in total. The molecule has 8 nitrogen and oxygen atoms in total. The minimum atomic E-state index is -3.92. The SMILES string of the molecule is COC(=O)c1cc(S(=O)(=O)N(C)C)ccc1S(=O)(=O)N(C)C. The second kappa shape index (κ2) is 6.32. The van der Waals surface area contributed by atoms with Crippen LogP contribution in [0.4, 0.5) is 0 Å². The van der Waals surface area contributed by atoms with Gasteiger partial charge in [-0.1, -0.05) is 0 Å². The number of benzene rings is 1. The number of ether oxygens (including phenoxy) is 1. The summed E-state index contributed by atoms with van der Waals surface area (Å²) in [6, 6.07) is 3.22. The number of nitrogens with zero attached hydrogens (tertiary/aromatic N) is 2. The van der Waals surface area contributed by atoms with Crippen LogP contribution in [0.5, 0.6) is 0 Å². The predicted octanol–water partition coefficient (Wildman–Crippen LogP) is -0.0262. The lowest BCUT2D eigenvalue weighted by atomic mass is 10.2. The fourth-order valence-electron chi connectivity index (χ4n) is 1.57. The molecule has 0 aromatic heterocycles. The van der Waals surface area contributed by atoms with Gasteiger partial charge in [0.1, 0.15) is 0 Å². The summed E-state index contributed by atoms with van der Waals surface area (Å²) < 4.78 is 55.1. The monoisotopic (exact) mass is 350 g/mol. The van der Waals surface area contributed by atoms with Crippen molar-refractivity contribution in [2.24, 2.45) is 0 Å². The molecule has 0 saturated heterocycles. The largest absolute Gasteiger partial charge is 0.465 e. The number of carbonyl (C=O) groups is 1. The maximum absolute atomic E-state index is 12.2. The van der Waals surface area contributed by atoms with Crippen LogP contribution < -0.4 is 0 Å². The second-order valence-corrected chi connectivity index (χ2v) is 9.00. The first-order valence-corrected chi connectivity index (χ1v) is 8.91. The highest BCUT2D eigenvalue weighted by atomic mass is 32.2. The van der Waals surface area contributed by atoms with Crippen molar-refractivity contribution in [2.45, 2.75) is 9.79 Å². The highest BCUT2D eigenvalue weighted by Gasteiger charge is 2.28. The zero-order valence-corrected chi connectivity index (χ0v) is 14.5. The number of sulfonamides is 2. The summed E-state index contributed by atoms with van der Waals surface area (Å²) in [5.74, 6) is -0.934. The molecule has 1 aromatic carbocycles. The lowest BCUT2D eigenvalue weighted by Crippen LogP contribution is -2.26. The van der Waals surface area contributed by atoms with Crippen molar-refractivity contribution in [2.75, 3.05) is 35.3 Å². The zero-order chi connectivity index (χ0) is 17.3. The van der Waals surface area contributed by atoms with Gasteiger partial charge in [-0.05, 0) is 18.2 Å². The van der Waals surface area contributed by atoms with Crippen LogP contribution >= 0.6 is 0 Å². The Hall–Kier alpha value is -1.49. The van der Waals surface area contributed by atoms with E-state index in [4.69, 9.17) is 0 Å². The van der Waals surface area contributed by atoms with E-state index in [-0.39, 0.29) is 15.4 Å². The third-order valence-electron chi connectivity index (χ3n) is 2.89. The molecule has 0 unspecified atom stereocenters. The molecule has 0 aliphatic rings. The van der Waals surface area contributed by atoms with Crippen LogP contribution in [0.15, 0.2) is 28.0 Å². The maximum Gasteiger partial charge on any atom is 0.339 e. The smallest absolute Gasteiger partial charge is 0.339 e. The summed E-state index contributed by atoms with van der Waals surface area (Å²) in [5.41, 5.74) is -0.334. The van der Waals surface area contributed by atoms with Crippen LogP contribution in [0.2, 0.25) is 0 Å². The Morgan fingerprint density at radius 3 is 1.86 bits per heavy atom. The van der Waals surface area contributed by atoms with Gasteiger partial charge in [0.25, 0.3) is 0 Å². The highest BCUT2D eigenvalue weighted by Crippen LogP contribution is 2.24. The Bertz CT molecular complexity index is 782. The van der Waals surface area contributed by atoms with Gasteiger partial charge in [0, 0.05) is 28.2 Å². The van der Waals surface area contributed by atoms with E-state index in [0.29, 0.717) is 0 Å². The van der Waals surface area contributed by atoms with Crippen LogP contribution in [0.3, 0.4) is 0 Å². The van der Waals surface area contributed by atoms with Crippen molar-refractivity contribution in [3.63, 3.8) is 0 Å². The molecule has 1 aromatic rings. The van der Waals surface area contributed by atoms with Gasteiger partial charge < -0.3 is 4.74 Å². The predicted molar refractivity (Wildman–Crippen MR) is 79.5 cm³/mol. The highest BCUT2D eigenvalue weighted by molar-refractivity contribution is 7.89. The standard InChI is InChI=1S/C12H18N2O6S2/c1-13(2)21(16,17)9-6-7-11(22(18,19)14(3)4)10(8-9)12(15)20-5/h6-8H,1-5H3. The maximum atomic E-state index is 12.2. The summed E-state index contributed by atoms with van der Waals surface area (Å²) in [4.78, 5) is 11.3. The molecular formula is C12H18N2O6S2. The third kappa shape index (κ3) is 3.29. The van der Waals surface area contributed by atoms with E-state index in [0.717, 1.165) is 33.9 Å². The van der Waals surface area contributed by atoms with Crippen molar-refractivity contribution in [3.8, 4) is 0 Å². The zero-order valence-electron chi connectivity index (χ0n) is 12.9.